The summed E-state index contributed by atoms with van der Waals surface area (Å²) >= 11 is 6.15. The number of rotatable bonds is 2. The number of hydrogen-bond donors (Lipinski definition) is 2. The van der Waals surface area contributed by atoms with E-state index < -0.39 is 11.4 Å². The number of carbonyl (C=O) groups is 1. The van der Waals surface area contributed by atoms with Crippen LogP contribution in [0.15, 0.2) is 6.07 Å². The van der Waals surface area contributed by atoms with Gasteiger partial charge in [0.25, 0.3) is 0 Å². The number of phenolic OH excluding ortho intramolecular Hbond substituents is 1. The first kappa shape index (κ1) is 13.7. The summed E-state index contributed by atoms with van der Waals surface area (Å²) in [5.41, 5.74) is 1.88. The van der Waals surface area contributed by atoms with Gasteiger partial charge in [-0.25, -0.2) is 0 Å². The Morgan fingerprint density at radius 1 is 1.15 bits per heavy atom. The maximum atomic E-state index is 11.8. The molecule has 108 valence electrons. The molecule has 0 unspecified atom stereocenters. The molecule has 2 aliphatic rings. The van der Waals surface area contributed by atoms with E-state index >= 15 is 0 Å². The van der Waals surface area contributed by atoms with Crippen molar-refractivity contribution in [2.24, 2.45) is 0 Å². The number of hydrogen-bond acceptors (Lipinski definition) is 2. The van der Waals surface area contributed by atoms with E-state index in [0.29, 0.717) is 23.4 Å². The van der Waals surface area contributed by atoms with Crippen LogP contribution in [0.3, 0.4) is 0 Å². The van der Waals surface area contributed by atoms with E-state index in [-0.39, 0.29) is 5.75 Å². The Morgan fingerprint density at radius 2 is 1.85 bits per heavy atom. The average molecular weight is 295 g/mol. The Morgan fingerprint density at radius 3 is 2.45 bits per heavy atom. The van der Waals surface area contributed by atoms with Gasteiger partial charge in [-0.05, 0) is 55.7 Å². The second kappa shape index (κ2) is 4.96. The molecule has 0 atom stereocenters. The Balaban J connectivity index is 2.23. The number of benzene rings is 1. The number of aryl methyl sites for hydroxylation is 1. The molecule has 0 aliphatic heterocycles. The van der Waals surface area contributed by atoms with Gasteiger partial charge in [-0.2, -0.15) is 0 Å². The summed E-state index contributed by atoms with van der Waals surface area (Å²) in [6.45, 7) is 0. The monoisotopic (exact) mass is 294 g/mol. The van der Waals surface area contributed by atoms with Crippen LogP contribution in [-0.4, -0.2) is 16.2 Å². The first-order valence-electron chi connectivity index (χ1n) is 7.33. The third kappa shape index (κ3) is 1.91. The SMILES string of the molecule is O=C(O)C1(c2c(O)c(Cl)cc3c2CCCCC3)CCC1. The molecule has 0 bridgehead atoms. The second-order valence-electron chi connectivity index (χ2n) is 6.02. The number of aromatic hydroxyl groups is 1. The molecule has 0 spiro atoms. The van der Waals surface area contributed by atoms with Crippen molar-refractivity contribution < 1.29 is 15.0 Å². The van der Waals surface area contributed by atoms with E-state index in [9.17, 15) is 15.0 Å². The molecule has 20 heavy (non-hydrogen) atoms. The number of carboxylic acid groups (broad SMARTS) is 1. The molecule has 3 rings (SSSR count). The fourth-order valence-electron chi connectivity index (χ4n) is 3.65. The third-order valence-electron chi connectivity index (χ3n) is 4.92. The Bertz CT molecular complexity index is 561. The summed E-state index contributed by atoms with van der Waals surface area (Å²) in [6.07, 6.45) is 7.18. The van der Waals surface area contributed by atoms with Crippen LogP contribution in [0.4, 0.5) is 0 Å². The molecular weight excluding hydrogens is 276 g/mol. The minimum absolute atomic E-state index is 0.00517. The molecule has 4 heteroatoms. The van der Waals surface area contributed by atoms with Crippen LogP contribution in [0.25, 0.3) is 0 Å². The van der Waals surface area contributed by atoms with Crippen LogP contribution in [0.5, 0.6) is 5.75 Å². The number of phenols is 1. The zero-order valence-electron chi connectivity index (χ0n) is 11.4. The quantitative estimate of drug-likeness (QED) is 0.815. The zero-order valence-corrected chi connectivity index (χ0v) is 12.2. The Labute approximate surface area is 123 Å². The van der Waals surface area contributed by atoms with Gasteiger partial charge in [0, 0.05) is 5.56 Å². The largest absolute Gasteiger partial charge is 0.506 e. The average Bonchev–Trinajstić information content (AvgIpc) is 2.57. The lowest BCUT2D eigenvalue weighted by Crippen LogP contribution is -2.43. The summed E-state index contributed by atoms with van der Waals surface area (Å²) in [6, 6.07) is 1.83. The van der Waals surface area contributed by atoms with E-state index in [0.717, 1.165) is 49.7 Å². The topological polar surface area (TPSA) is 57.5 Å². The van der Waals surface area contributed by atoms with Gasteiger partial charge in [-0.15, -0.1) is 0 Å². The predicted octanol–water partition coefficient (Wildman–Crippen LogP) is 3.82. The zero-order chi connectivity index (χ0) is 14.3. The van der Waals surface area contributed by atoms with Crippen LogP contribution < -0.4 is 0 Å². The van der Waals surface area contributed by atoms with E-state index in [4.69, 9.17) is 11.6 Å². The molecule has 0 radical (unpaired) electrons. The van der Waals surface area contributed by atoms with Gasteiger partial charge >= 0.3 is 5.97 Å². The first-order valence-corrected chi connectivity index (χ1v) is 7.71. The number of halogens is 1. The summed E-state index contributed by atoms with van der Waals surface area (Å²) in [5.74, 6) is -0.831. The molecule has 0 aromatic heterocycles. The van der Waals surface area contributed by atoms with Crippen molar-refractivity contribution in [1.29, 1.82) is 0 Å². The third-order valence-corrected chi connectivity index (χ3v) is 5.21. The van der Waals surface area contributed by atoms with Gasteiger partial charge in [0.15, 0.2) is 0 Å². The lowest BCUT2D eigenvalue weighted by molar-refractivity contribution is -0.147. The molecule has 0 heterocycles. The lowest BCUT2D eigenvalue weighted by Gasteiger charge is -2.40. The van der Waals surface area contributed by atoms with Crippen LogP contribution in [-0.2, 0) is 23.1 Å². The summed E-state index contributed by atoms with van der Waals surface area (Å²) in [4.78, 5) is 11.8. The van der Waals surface area contributed by atoms with Crippen LogP contribution >= 0.6 is 11.6 Å². The molecule has 1 saturated carbocycles. The van der Waals surface area contributed by atoms with Crippen molar-refractivity contribution in [3.8, 4) is 5.75 Å². The van der Waals surface area contributed by atoms with Crippen molar-refractivity contribution in [3.63, 3.8) is 0 Å². The van der Waals surface area contributed by atoms with Crippen molar-refractivity contribution in [2.45, 2.75) is 56.8 Å². The van der Waals surface area contributed by atoms with Crippen molar-refractivity contribution in [3.05, 3.63) is 27.8 Å². The predicted molar refractivity (Wildman–Crippen MR) is 77.5 cm³/mol. The van der Waals surface area contributed by atoms with Crippen LogP contribution in [0, 0.1) is 0 Å². The fraction of sp³-hybridized carbons (Fsp3) is 0.562. The molecule has 3 nitrogen and oxygen atoms in total. The molecule has 0 saturated heterocycles. The highest BCUT2D eigenvalue weighted by Crippen LogP contribution is 2.51. The van der Waals surface area contributed by atoms with Gasteiger partial charge in [-0.1, -0.05) is 24.4 Å². The summed E-state index contributed by atoms with van der Waals surface area (Å²) in [5, 5.41) is 20.4. The van der Waals surface area contributed by atoms with E-state index in [1.54, 1.807) is 0 Å². The van der Waals surface area contributed by atoms with Gasteiger partial charge in [0.2, 0.25) is 0 Å². The van der Waals surface area contributed by atoms with Gasteiger partial charge < -0.3 is 10.2 Å². The first-order chi connectivity index (χ1) is 9.56. The van der Waals surface area contributed by atoms with Crippen LogP contribution in [0.1, 0.15) is 55.2 Å². The number of fused-ring (bicyclic) bond motifs is 1. The second-order valence-corrected chi connectivity index (χ2v) is 6.43. The molecule has 1 aromatic carbocycles. The minimum atomic E-state index is -0.913. The van der Waals surface area contributed by atoms with E-state index in [1.165, 1.54) is 0 Å². The Hall–Kier alpha value is -1.22. The highest BCUT2D eigenvalue weighted by Gasteiger charge is 2.49. The van der Waals surface area contributed by atoms with Crippen molar-refractivity contribution >= 4 is 17.6 Å². The highest BCUT2D eigenvalue weighted by molar-refractivity contribution is 6.32. The van der Waals surface area contributed by atoms with Crippen molar-refractivity contribution in [1.82, 2.24) is 0 Å². The van der Waals surface area contributed by atoms with Gasteiger partial charge in [0.1, 0.15) is 5.75 Å². The smallest absolute Gasteiger partial charge is 0.314 e. The van der Waals surface area contributed by atoms with Gasteiger partial charge in [-0.3, -0.25) is 4.79 Å². The standard InChI is InChI=1S/C16H19ClO3/c17-12-9-10-5-2-1-3-6-11(10)13(14(12)18)16(15(19)20)7-4-8-16/h9,18H,1-8H2,(H,19,20). The van der Waals surface area contributed by atoms with Crippen molar-refractivity contribution in [2.75, 3.05) is 0 Å². The molecule has 2 N–H and O–H groups in total. The van der Waals surface area contributed by atoms with Crippen LogP contribution in [0.2, 0.25) is 5.02 Å². The maximum absolute atomic E-state index is 11.8. The Kier molecular flexibility index (Phi) is 3.41. The van der Waals surface area contributed by atoms with E-state index in [2.05, 4.69) is 0 Å². The molecular formula is C16H19ClO3. The summed E-state index contributed by atoms with van der Waals surface area (Å²) in [7, 11) is 0. The normalized spacial score (nSPS) is 20.6. The molecule has 2 aliphatic carbocycles. The minimum Gasteiger partial charge on any atom is -0.506 e. The summed E-state index contributed by atoms with van der Waals surface area (Å²) < 4.78 is 0. The lowest BCUT2D eigenvalue weighted by atomic mass is 9.62. The molecule has 1 fully saturated rings. The van der Waals surface area contributed by atoms with Gasteiger partial charge in [0.05, 0.1) is 10.4 Å². The molecule has 1 aromatic rings. The fourth-order valence-corrected chi connectivity index (χ4v) is 3.88. The number of carboxylic acids is 1. The maximum Gasteiger partial charge on any atom is 0.314 e. The molecule has 0 amide bonds. The number of aliphatic carboxylic acids is 1. The van der Waals surface area contributed by atoms with E-state index in [1.807, 2.05) is 6.07 Å². The highest BCUT2D eigenvalue weighted by atomic mass is 35.5.